The molecule has 0 fully saturated rings. The summed E-state index contributed by atoms with van der Waals surface area (Å²) in [4.78, 5) is 33.4. The fraction of sp³-hybridized carbons (Fsp3) is 0.308. The number of carbonyl (C=O) groups excluding carboxylic acids is 3. The number of nitrogens with one attached hydrogen (secondary N) is 2. The van der Waals surface area contributed by atoms with E-state index in [1.165, 1.54) is 12.1 Å². The van der Waals surface area contributed by atoms with Crippen molar-refractivity contribution in [1.82, 2.24) is 10.0 Å². The van der Waals surface area contributed by atoms with E-state index in [1.54, 1.807) is 12.2 Å². The second-order valence-electron chi connectivity index (χ2n) is 4.45. The number of imide groups is 1. The summed E-state index contributed by atoms with van der Waals surface area (Å²) >= 11 is 14.8. The normalized spacial score (nSPS) is 10.9. The Balaban J connectivity index is 2.59. The SMILES string of the molecule is CCOC(=O)NC(=O)COC(=O)CNS(=O)(=O)c1c(Cl)cc(Br)cc1Cl. The van der Waals surface area contributed by atoms with Crippen LogP contribution in [0.25, 0.3) is 0 Å². The summed E-state index contributed by atoms with van der Waals surface area (Å²) in [6, 6.07) is 2.64. The number of sulfonamides is 1. The van der Waals surface area contributed by atoms with Crippen LogP contribution in [0.4, 0.5) is 4.79 Å². The molecule has 0 aliphatic carbocycles. The number of benzene rings is 1. The van der Waals surface area contributed by atoms with E-state index < -0.39 is 46.0 Å². The molecule has 0 spiro atoms. The maximum absolute atomic E-state index is 12.2. The van der Waals surface area contributed by atoms with Crippen molar-refractivity contribution < 1.29 is 32.3 Å². The fourth-order valence-corrected chi connectivity index (χ4v) is 4.43. The highest BCUT2D eigenvalue weighted by Gasteiger charge is 2.23. The Morgan fingerprint density at radius 1 is 1.15 bits per heavy atom. The molecule has 1 rings (SSSR count). The van der Waals surface area contributed by atoms with E-state index in [0.717, 1.165) is 0 Å². The van der Waals surface area contributed by atoms with E-state index >= 15 is 0 Å². The summed E-state index contributed by atoms with van der Waals surface area (Å²) in [7, 11) is -4.21. The number of ether oxygens (including phenoxy) is 2. The monoisotopic (exact) mass is 490 g/mol. The molecule has 0 aromatic heterocycles. The van der Waals surface area contributed by atoms with Gasteiger partial charge in [-0.05, 0) is 19.1 Å². The van der Waals surface area contributed by atoms with Crippen LogP contribution in [0.15, 0.2) is 21.5 Å². The molecule has 26 heavy (non-hydrogen) atoms. The second-order valence-corrected chi connectivity index (χ2v) is 7.89. The Labute approximate surface area is 167 Å². The van der Waals surface area contributed by atoms with Crippen molar-refractivity contribution in [2.24, 2.45) is 0 Å². The zero-order chi connectivity index (χ0) is 19.9. The molecule has 1 aromatic carbocycles. The fourth-order valence-electron chi connectivity index (χ4n) is 1.53. The highest BCUT2D eigenvalue weighted by atomic mass is 79.9. The number of amides is 2. The van der Waals surface area contributed by atoms with Crippen molar-refractivity contribution in [3.05, 3.63) is 26.7 Å². The lowest BCUT2D eigenvalue weighted by Crippen LogP contribution is -2.36. The minimum atomic E-state index is -4.21. The maximum atomic E-state index is 12.2. The van der Waals surface area contributed by atoms with Gasteiger partial charge in [-0.2, -0.15) is 4.72 Å². The minimum Gasteiger partial charge on any atom is -0.455 e. The first-order valence-electron chi connectivity index (χ1n) is 6.83. The molecule has 0 aliphatic heterocycles. The predicted octanol–water partition coefficient (Wildman–Crippen LogP) is 1.85. The van der Waals surface area contributed by atoms with Gasteiger partial charge in [-0.1, -0.05) is 39.1 Å². The van der Waals surface area contributed by atoms with Gasteiger partial charge in [0.15, 0.2) is 6.61 Å². The van der Waals surface area contributed by atoms with Gasteiger partial charge in [0.25, 0.3) is 5.91 Å². The van der Waals surface area contributed by atoms with Crippen LogP contribution in [0.2, 0.25) is 10.0 Å². The zero-order valence-corrected chi connectivity index (χ0v) is 17.1. The molecular weight excluding hydrogens is 479 g/mol. The molecule has 0 atom stereocenters. The van der Waals surface area contributed by atoms with E-state index in [4.69, 9.17) is 23.2 Å². The number of esters is 1. The number of rotatable bonds is 7. The van der Waals surface area contributed by atoms with Crippen LogP contribution >= 0.6 is 39.1 Å². The summed E-state index contributed by atoms with van der Waals surface area (Å²) in [5, 5.41) is 1.49. The largest absolute Gasteiger partial charge is 0.455 e. The third-order valence-electron chi connectivity index (χ3n) is 2.52. The van der Waals surface area contributed by atoms with Gasteiger partial charge >= 0.3 is 12.1 Å². The summed E-state index contributed by atoms with van der Waals surface area (Å²) in [6.07, 6.45) is -0.992. The van der Waals surface area contributed by atoms with Crippen LogP contribution in [0.1, 0.15) is 6.92 Å². The van der Waals surface area contributed by atoms with Crippen molar-refractivity contribution in [2.75, 3.05) is 19.8 Å². The van der Waals surface area contributed by atoms with Gasteiger partial charge in [0, 0.05) is 4.47 Å². The highest BCUT2D eigenvalue weighted by Crippen LogP contribution is 2.32. The van der Waals surface area contributed by atoms with E-state index in [2.05, 4.69) is 25.4 Å². The first-order chi connectivity index (χ1) is 12.1. The van der Waals surface area contributed by atoms with Crippen LogP contribution in [-0.4, -0.2) is 46.1 Å². The van der Waals surface area contributed by atoms with Crippen LogP contribution in [0.3, 0.4) is 0 Å². The molecule has 2 amide bonds. The van der Waals surface area contributed by atoms with Crippen molar-refractivity contribution in [2.45, 2.75) is 11.8 Å². The predicted molar refractivity (Wildman–Crippen MR) is 95.5 cm³/mol. The van der Waals surface area contributed by atoms with Crippen LogP contribution in [0, 0.1) is 0 Å². The third-order valence-corrected chi connectivity index (χ3v) is 5.30. The average Bonchev–Trinajstić information content (AvgIpc) is 2.49. The lowest BCUT2D eigenvalue weighted by Gasteiger charge is -2.10. The second kappa shape index (κ2) is 10.1. The molecule has 2 N–H and O–H groups in total. The molecule has 0 bridgehead atoms. The topological polar surface area (TPSA) is 128 Å². The van der Waals surface area contributed by atoms with Crippen molar-refractivity contribution >= 4 is 67.1 Å². The highest BCUT2D eigenvalue weighted by molar-refractivity contribution is 9.10. The van der Waals surface area contributed by atoms with Gasteiger partial charge in [0.1, 0.15) is 11.4 Å². The standard InChI is InChI=1S/C13H13BrCl2N2O7S/c1-2-24-13(21)18-10(19)6-25-11(20)5-17-26(22,23)12-8(15)3-7(14)4-9(12)16/h3-4,17H,2,5-6H2,1H3,(H,18,19,21). The van der Waals surface area contributed by atoms with Crippen LogP contribution in [0.5, 0.6) is 0 Å². The van der Waals surface area contributed by atoms with Crippen LogP contribution < -0.4 is 10.0 Å². The molecule has 9 nitrogen and oxygen atoms in total. The van der Waals surface area contributed by atoms with Gasteiger partial charge < -0.3 is 9.47 Å². The lowest BCUT2D eigenvalue weighted by molar-refractivity contribution is -0.147. The van der Waals surface area contributed by atoms with E-state index in [9.17, 15) is 22.8 Å². The number of alkyl carbamates (subject to hydrolysis) is 1. The lowest BCUT2D eigenvalue weighted by atomic mass is 10.4. The Bertz CT molecular complexity index is 794. The van der Waals surface area contributed by atoms with Gasteiger partial charge in [-0.3, -0.25) is 14.9 Å². The first kappa shape index (κ1) is 22.6. The molecule has 144 valence electrons. The van der Waals surface area contributed by atoms with E-state index in [0.29, 0.717) is 4.47 Å². The molecule has 0 saturated carbocycles. The molecule has 0 unspecified atom stereocenters. The quantitative estimate of drug-likeness (QED) is 0.557. The minimum absolute atomic E-state index is 0.0574. The van der Waals surface area contributed by atoms with Crippen molar-refractivity contribution in [1.29, 1.82) is 0 Å². The van der Waals surface area contributed by atoms with Gasteiger partial charge in [-0.15, -0.1) is 0 Å². The van der Waals surface area contributed by atoms with E-state index in [1.807, 2.05) is 4.72 Å². The van der Waals surface area contributed by atoms with Crippen molar-refractivity contribution in [3.63, 3.8) is 0 Å². The summed E-state index contributed by atoms with van der Waals surface area (Å²) in [5.41, 5.74) is 0. The number of hydrogen-bond acceptors (Lipinski definition) is 7. The Morgan fingerprint density at radius 3 is 2.27 bits per heavy atom. The molecule has 0 aliphatic rings. The Kier molecular flexibility index (Phi) is 8.77. The number of halogens is 3. The smallest absolute Gasteiger partial charge is 0.413 e. The summed E-state index contributed by atoms with van der Waals surface area (Å²) in [6.45, 7) is 0.0267. The molecule has 0 saturated heterocycles. The number of carbonyl (C=O) groups is 3. The third kappa shape index (κ3) is 7.08. The average molecular weight is 492 g/mol. The zero-order valence-electron chi connectivity index (χ0n) is 13.2. The summed E-state index contributed by atoms with van der Waals surface area (Å²) in [5.74, 6) is -1.99. The Morgan fingerprint density at radius 2 is 1.73 bits per heavy atom. The molecule has 13 heteroatoms. The molecular formula is C13H13BrCl2N2O7S. The summed E-state index contributed by atoms with van der Waals surface area (Å²) < 4.78 is 35.8. The van der Waals surface area contributed by atoms with Crippen molar-refractivity contribution in [3.8, 4) is 0 Å². The van der Waals surface area contributed by atoms with E-state index in [-0.39, 0.29) is 16.7 Å². The Hall–Kier alpha value is -1.40. The van der Waals surface area contributed by atoms with Crippen LogP contribution in [-0.2, 0) is 29.1 Å². The molecule has 1 aromatic rings. The van der Waals surface area contributed by atoms with Gasteiger partial charge in [0.2, 0.25) is 10.0 Å². The maximum Gasteiger partial charge on any atom is 0.413 e. The molecule has 0 heterocycles. The number of hydrogen-bond donors (Lipinski definition) is 2. The first-order valence-corrected chi connectivity index (χ1v) is 9.86. The van der Waals surface area contributed by atoms with Gasteiger partial charge in [-0.25, -0.2) is 13.2 Å². The van der Waals surface area contributed by atoms with Gasteiger partial charge in [0.05, 0.1) is 16.7 Å². The molecule has 0 radical (unpaired) electrons.